The Morgan fingerprint density at radius 3 is 2.88 bits per heavy atom. The molecule has 0 bridgehead atoms. The van der Waals surface area contributed by atoms with E-state index in [1.54, 1.807) is 11.6 Å². The Morgan fingerprint density at radius 1 is 1.29 bits per heavy atom. The van der Waals surface area contributed by atoms with E-state index in [4.69, 9.17) is 0 Å². The van der Waals surface area contributed by atoms with Gasteiger partial charge in [0.2, 0.25) is 0 Å². The molecule has 0 saturated heterocycles. The molecule has 0 fully saturated rings. The maximum Gasteiger partial charge on any atom is 0.124 e. The van der Waals surface area contributed by atoms with Crippen molar-refractivity contribution >= 4 is 15.9 Å². The minimum absolute atomic E-state index is 0.185. The van der Waals surface area contributed by atoms with E-state index in [0.29, 0.717) is 0 Å². The summed E-state index contributed by atoms with van der Waals surface area (Å²) in [6, 6.07) is 5.00. The zero-order valence-corrected chi connectivity index (χ0v) is 11.4. The predicted molar refractivity (Wildman–Crippen MR) is 72.4 cm³/mol. The Labute approximate surface area is 110 Å². The van der Waals surface area contributed by atoms with Gasteiger partial charge in [-0.3, -0.25) is 0 Å². The first kappa shape index (κ1) is 12.8. The summed E-state index contributed by atoms with van der Waals surface area (Å²) in [6.07, 6.45) is 7.28. The van der Waals surface area contributed by atoms with E-state index >= 15 is 0 Å². The SMILES string of the molecule is Fc1cc(Br)cc(CNCCC2=CCCC2)c1. The van der Waals surface area contributed by atoms with E-state index in [1.807, 2.05) is 6.07 Å². The zero-order valence-electron chi connectivity index (χ0n) is 9.81. The zero-order chi connectivity index (χ0) is 12.1. The Bertz CT molecular complexity index is 394. The van der Waals surface area contributed by atoms with Gasteiger partial charge in [-0.05, 0) is 56.0 Å². The van der Waals surface area contributed by atoms with Crippen LogP contribution in [0.2, 0.25) is 0 Å². The lowest BCUT2D eigenvalue weighted by Gasteiger charge is -2.06. The largest absolute Gasteiger partial charge is 0.312 e. The summed E-state index contributed by atoms with van der Waals surface area (Å²) in [6.45, 7) is 1.70. The molecule has 0 atom stereocenters. The van der Waals surface area contributed by atoms with Gasteiger partial charge in [-0.2, -0.15) is 0 Å². The average molecular weight is 298 g/mol. The molecular formula is C14H17BrFN. The molecule has 0 radical (unpaired) electrons. The van der Waals surface area contributed by atoms with Gasteiger partial charge in [0.1, 0.15) is 5.82 Å². The van der Waals surface area contributed by atoms with Crippen molar-refractivity contribution in [3.63, 3.8) is 0 Å². The van der Waals surface area contributed by atoms with Crippen molar-refractivity contribution in [2.24, 2.45) is 0 Å². The molecule has 0 saturated carbocycles. The molecule has 1 aromatic carbocycles. The molecule has 0 aliphatic heterocycles. The average Bonchev–Trinajstić information content (AvgIpc) is 2.76. The second-order valence-corrected chi connectivity index (χ2v) is 5.37. The quantitative estimate of drug-likeness (QED) is 0.635. The lowest BCUT2D eigenvalue weighted by Crippen LogP contribution is -2.15. The van der Waals surface area contributed by atoms with Gasteiger partial charge in [-0.15, -0.1) is 0 Å². The van der Waals surface area contributed by atoms with Crippen molar-refractivity contribution in [2.75, 3.05) is 6.54 Å². The van der Waals surface area contributed by atoms with Crippen molar-refractivity contribution < 1.29 is 4.39 Å². The molecule has 17 heavy (non-hydrogen) atoms. The molecule has 1 aromatic rings. The lowest BCUT2D eigenvalue weighted by molar-refractivity contribution is 0.618. The van der Waals surface area contributed by atoms with Crippen LogP contribution in [0, 0.1) is 5.82 Å². The number of hydrogen-bond acceptors (Lipinski definition) is 1. The van der Waals surface area contributed by atoms with E-state index in [9.17, 15) is 4.39 Å². The van der Waals surface area contributed by atoms with Crippen LogP contribution in [0.25, 0.3) is 0 Å². The first-order valence-electron chi connectivity index (χ1n) is 6.07. The fourth-order valence-electron chi connectivity index (χ4n) is 2.16. The molecule has 0 spiro atoms. The van der Waals surface area contributed by atoms with Crippen LogP contribution in [0.1, 0.15) is 31.2 Å². The highest BCUT2D eigenvalue weighted by Gasteiger charge is 2.04. The normalized spacial score (nSPS) is 15.1. The molecule has 3 heteroatoms. The van der Waals surface area contributed by atoms with Gasteiger partial charge in [0, 0.05) is 11.0 Å². The first-order chi connectivity index (χ1) is 8.24. The van der Waals surface area contributed by atoms with Crippen LogP contribution in [0.5, 0.6) is 0 Å². The Balaban J connectivity index is 1.74. The van der Waals surface area contributed by atoms with E-state index < -0.39 is 0 Å². The summed E-state index contributed by atoms with van der Waals surface area (Å²) >= 11 is 3.30. The smallest absolute Gasteiger partial charge is 0.124 e. The first-order valence-corrected chi connectivity index (χ1v) is 6.87. The minimum atomic E-state index is -0.185. The number of nitrogens with one attached hydrogen (secondary N) is 1. The summed E-state index contributed by atoms with van der Waals surface area (Å²) in [5, 5.41) is 3.35. The molecule has 1 N–H and O–H groups in total. The van der Waals surface area contributed by atoms with Gasteiger partial charge in [0.05, 0.1) is 0 Å². The fraction of sp³-hybridized carbons (Fsp3) is 0.429. The van der Waals surface area contributed by atoms with Crippen LogP contribution in [0.3, 0.4) is 0 Å². The van der Waals surface area contributed by atoms with Crippen LogP contribution in [-0.4, -0.2) is 6.54 Å². The third-order valence-electron chi connectivity index (χ3n) is 3.01. The second-order valence-electron chi connectivity index (χ2n) is 4.46. The standard InChI is InChI=1S/C14H17BrFN/c15-13-7-12(8-14(16)9-13)10-17-6-5-11-3-1-2-4-11/h3,7-9,17H,1-2,4-6,10H2. The van der Waals surface area contributed by atoms with Crippen molar-refractivity contribution in [3.8, 4) is 0 Å². The van der Waals surface area contributed by atoms with E-state index in [0.717, 1.165) is 29.5 Å². The molecule has 1 aliphatic carbocycles. The van der Waals surface area contributed by atoms with Crippen molar-refractivity contribution in [2.45, 2.75) is 32.2 Å². The van der Waals surface area contributed by atoms with Crippen LogP contribution < -0.4 is 5.32 Å². The monoisotopic (exact) mass is 297 g/mol. The topological polar surface area (TPSA) is 12.0 Å². The molecule has 2 rings (SSSR count). The van der Waals surface area contributed by atoms with Crippen LogP contribution in [-0.2, 0) is 6.54 Å². The van der Waals surface area contributed by atoms with Crippen LogP contribution in [0.4, 0.5) is 4.39 Å². The Kier molecular flexibility index (Phi) is 4.75. The van der Waals surface area contributed by atoms with Crippen molar-refractivity contribution in [1.82, 2.24) is 5.32 Å². The third kappa shape index (κ3) is 4.25. The van der Waals surface area contributed by atoms with Crippen molar-refractivity contribution in [1.29, 1.82) is 0 Å². The number of rotatable bonds is 5. The molecule has 92 valence electrons. The second kappa shape index (κ2) is 6.31. The maximum atomic E-state index is 13.1. The summed E-state index contributed by atoms with van der Waals surface area (Å²) < 4.78 is 13.9. The van der Waals surface area contributed by atoms with Gasteiger partial charge >= 0.3 is 0 Å². The van der Waals surface area contributed by atoms with E-state index in [-0.39, 0.29) is 5.82 Å². The van der Waals surface area contributed by atoms with Gasteiger partial charge in [0.25, 0.3) is 0 Å². The number of allylic oxidation sites excluding steroid dienone is 1. The van der Waals surface area contributed by atoms with Crippen molar-refractivity contribution in [3.05, 3.63) is 45.7 Å². The highest BCUT2D eigenvalue weighted by atomic mass is 79.9. The molecule has 0 unspecified atom stereocenters. The van der Waals surface area contributed by atoms with Crippen LogP contribution >= 0.6 is 15.9 Å². The summed E-state index contributed by atoms with van der Waals surface area (Å²) in [7, 11) is 0. The molecule has 1 nitrogen and oxygen atoms in total. The predicted octanol–water partition coefficient (Wildman–Crippen LogP) is 4.18. The summed E-state index contributed by atoms with van der Waals surface area (Å²) in [5.74, 6) is -0.185. The molecule has 0 heterocycles. The Morgan fingerprint density at radius 2 is 2.18 bits per heavy atom. The molecule has 0 aromatic heterocycles. The fourth-order valence-corrected chi connectivity index (χ4v) is 2.67. The summed E-state index contributed by atoms with van der Waals surface area (Å²) in [5.41, 5.74) is 2.55. The molecule has 0 amide bonds. The Hall–Kier alpha value is -0.670. The van der Waals surface area contributed by atoms with E-state index in [2.05, 4.69) is 27.3 Å². The van der Waals surface area contributed by atoms with Gasteiger partial charge in [0.15, 0.2) is 0 Å². The summed E-state index contributed by atoms with van der Waals surface area (Å²) in [4.78, 5) is 0. The highest BCUT2D eigenvalue weighted by Crippen LogP contribution is 2.20. The highest BCUT2D eigenvalue weighted by molar-refractivity contribution is 9.10. The lowest BCUT2D eigenvalue weighted by atomic mass is 10.1. The minimum Gasteiger partial charge on any atom is -0.312 e. The van der Waals surface area contributed by atoms with Gasteiger partial charge in [-0.1, -0.05) is 27.6 Å². The van der Waals surface area contributed by atoms with Crippen LogP contribution in [0.15, 0.2) is 34.3 Å². The number of hydrogen-bond donors (Lipinski definition) is 1. The van der Waals surface area contributed by atoms with Gasteiger partial charge < -0.3 is 5.32 Å². The number of benzene rings is 1. The van der Waals surface area contributed by atoms with E-state index in [1.165, 1.54) is 25.3 Å². The maximum absolute atomic E-state index is 13.1. The molecular weight excluding hydrogens is 281 g/mol. The molecule has 1 aliphatic rings. The number of halogens is 2. The third-order valence-corrected chi connectivity index (χ3v) is 3.47. The van der Waals surface area contributed by atoms with Gasteiger partial charge in [-0.25, -0.2) is 4.39 Å².